The van der Waals surface area contributed by atoms with E-state index in [9.17, 15) is 18.0 Å². The first kappa shape index (κ1) is 20.1. The maximum absolute atomic E-state index is 13.7. The molecule has 1 amide bonds. The van der Waals surface area contributed by atoms with Gasteiger partial charge in [-0.2, -0.15) is 18.3 Å². The van der Waals surface area contributed by atoms with Crippen LogP contribution in [0.25, 0.3) is 5.82 Å². The number of likely N-dealkylation sites (tertiary alicyclic amines) is 1. The van der Waals surface area contributed by atoms with Crippen LogP contribution < -0.4 is 5.32 Å². The van der Waals surface area contributed by atoms with Crippen LogP contribution in [-0.2, 0) is 12.7 Å². The molecule has 4 rings (SSSR count). The van der Waals surface area contributed by atoms with Gasteiger partial charge in [0, 0.05) is 31.9 Å². The van der Waals surface area contributed by atoms with Gasteiger partial charge in [-0.15, -0.1) is 0 Å². The molecule has 1 N–H and O–H groups in total. The quantitative estimate of drug-likeness (QED) is 0.695. The summed E-state index contributed by atoms with van der Waals surface area (Å²) in [5.74, 6) is -0.783. The second-order valence-electron chi connectivity index (χ2n) is 7.18. The molecular formula is C21H20F3N5O. The molecule has 1 fully saturated rings. The van der Waals surface area contributed by atoms with Crippen LogP contribution in [0.5, 0.6) is 0 Å². The Bertz CT molecular complexity index is 1000. The Hall–Kier alpha value is -3.20. The number of nitrogens with one attached hydrogen (secondary N) is 1. The molecular weight excluding hydrogens is 395 g/mol. The molecule has 1 aliphatic heterocycles. The fourth-order valence-corrected chi connectivity index (χ4v) is 3.64. The van der Waals surface area contributed by atoms with Gasteiger partial charge < -0.3 is 5.32 Å². The van der Waals surface area contributed by atoms with E-state index >= 15 is 0 Å². The maximum atomic E-state index is 13.7. The van der Waals surface area contributed by atoms with E-state index in [0.717, 1.165) is 24.8 Å². The van der Waals surface area contributed by atoms with Crippen LogP contribution in [0.3, 0.4) is 0 Å². The van der Waals surface area contributed by atoms with Crippen LogP contribution in [0.4, 0.5) is 13.2 Å². The first-order chi connectivity index (χ1) is 14.4. The van der Waals surface area contributed by atoms with Gasteiger partial charge in [-0.05, 0) is 24.1 Å². The van der Waals surface area contributed by atoms with Crippen LogP contribution >= 0.6 is 0 Å². The van der Waals surface area contributed by atoms with Gasteiger partial charge in [0.2, 0.25) is 0 Å². The molecule has 6 nitrogen and oxygen atoms in total. The summed E-state index contributed by atoms with van der Waals surface area (Å²) >= 11 is 0. The molecule has 0 radical (unpaired) electrons. The summed E-state index contributed by atoms with van der Waals surface area (Å²) in [5, 5.41) is 6.52. The second-order valence-corrected chi connectivity index (χ2v) is 7.18. The van der Waals surface area contributed by atoms with Gasteiger partial charge in [0.25, 0.3) is 5.91 Å². The third kappa shape index (κ3) is 4.35. The Morgan fingerprint density at radius 2 is 1.90 bits per heavy atom. The Morgan fingerprint density at radius 1 is 1.13 bits per heavy atom. The first-order valence-corrected chi connectivity index (χ1v) is 9.55. The molecule has 30 heavy (non-hydrogen) atoms. The Kier molecular flexibility index (Phi) is 5.54. The van der Waals surface area contributed by atoms with Crippen molar-refractivity contribution in [1.82, 2.24) is 25.0 Å². The number of amides is 1. The first-order valence-electron chi connectivity index (χ1n) is 9.55. The molecule has 0 aliphatic carbocycles. The topological polar surface area (TPSA) is 63.1 Å². The van der Waals surface area contributed by atoms with Gasteiger partial charge in [-0.3, -0.25) is 9.69 Å². The van der Waals surface area contributed by atoms with E-state index in [1.165, 1.54) is 12.3 Å². The second kappa shape index (κ2) is 8.27. The molecule has 1 saturated heterocycles. The molecule has 9 heteroatoms. The SMILES string of the molecule is O=C(NC1CCN(Cc2ccccc2)C1)c1cnn(-c2ccccn2)c1C(F)(F)F. The summed E-state index contributed by atoms with van der Waals surface area (Å²) < 4.78 is 41.8. The Balaban J connectivity index is 1.48. The van der Waals surface area contributed by atoms with E-state index in [-0.39, 0.29) is 11.9 Å². The standard InChI is InChI=1S/C21H20F3N5O/c22-21(23,24)19-17(12-26-29(19)18-8-4-5-10-25-18)20(30)27-16-9-11-28(14-16)13-15-6-2-1-3-7-15/h1-8,10,12,16H,9,11,13-14H2,(H,27,30). The van der Waals surface area contributed by atoms with Gasteiger partial charge in [0.05, 0.1) is 11.8 Å². The molecule has 0 spiro atoms. The maximum Gasteiger partial charge on any atom is 0.434 e. The molecule has 3 aromatic rings. The molecule has 1 aliphatic rings. The molecule has 1 atom stereocenters. The van der Waals surface area contributed by atoms with E-state index in [1.807, 2.05) is 30.3 Å². The van der Waals surface area contributed by atoms with E-state index in [4.69, 9.17) is 0 Å². The lowest BCUT2D eigenvalue weighted by molar-refractivity contribution is -0.143. The average Bonchev–Trinajstić information content (AvgIpc) is 3.36. The highest BCUT2D eigenvalue weighted by Gasteiger charge is 2.41. The van der Waals surface area contributed by atoms with E-state index in [2.05, 4.69) is 20.3 Å². The van der Waals surface area contributed by atoms with Gasteiger partial charge in [-0.25, -0.2) is 9.67 Å². The molecule has 2 aromatic heterocycles. The molecule has 156 valence electrons. The predicted molar refractivity (Wildman–Crippen MR) is 104 cm³/mol. The van der Waals surface area contributed by atoms with Gasteiger partial charge >= 0.3 is 6.18 Å². The van der Waals surface area contributed by atoms with Crippen LogP contribution in [-0.4, -0.2) is 44.7 Å². The Morgan fingerprint density at radius 3 is 2.60 bits per heavy atom. The van der Waals surface area contributed by atoms with Gasteiger partial charge in [0.15, 0.2) is 11.5 Å². The van der Waals surface area contributed by atoms with Gasteiger partial charge in [0.1, 0.15) is 0 Å². The third-order valence-electron chi connectivity index (χ3n) is 5.01. The van der Waals surface area contributed by atoms with Crippen molar-refractivity contribution in [3.05, 3.63) is 77.7 Å². The monoisotopic (exact) mass is 415 g/mol. The fourth-order valence-electron chi connectivity index (χ4n) is 3.64. The third-order valence-corrected chi connectivity index (χ3v) is 5.01. The number of carbonyl (C=O) groups excluding carboxylic acids is 1. The number of rotatable bonds is 5. The zero-order chi connectivity index (χ0) is 21.1. The number of carbonyl (C=O) groups is 1. The van der Waals surface area contributed by atoms with Crippen molar-refractivity contribution >= 4 is 5.91 Å². The zero-order valence-electron chi connectivity index (χ0n) is 16.0. The number of nitrogens with zero attached hydrogens (tertiary/aromatic N) is 4. The van der Waals surface area contributed by atoms with E-state index < -0.39 is 23.3 Å². The molecule has 0 saturated carbocycles. The van der Waals surface area contributed by atoms with Crippen molar-refractivity contribution in [1.29, 1.82) is 0 Å². The predicted octanol–water partition coefficient (Wildman–Crippen LogP) is 3.29. The minimum Gasteiger partial charge on any atom is -0.348 e. The zero-order valence-corrected chi connectivity index (χ0v) is 16.0. The fraction of sp³-hybridized carbons (Fsp3) is 0.286. The van der Waals surface area contributed by atoms with Crippen LogP contribution in [0, 0.1) is 0 Å². The summed E-state index contributed by atoms with van der Waals surface area (Å²) in [7, 11) is 0. The van der Waals surface area contributed by atoms with Gasteiger partial charge in [-0.1, -0.05) is 36.4 Å². The number of hydrogen-bond acceptors (Lipinski definition) is 4. The lowest BCUT2D eigenvalue weighted by Crippen LogP contribution is -2.37. The molecule has 1 aromatic carbocycles. The summed E-state index contributed by atoms with van der Waals surface area (Å²) in [6.45, 7) is 2.08. The van der Waals surface area contributed by atoms with Crippen molar-refractivity contribution in [2.24, 2.45) is 0 Å². The van der Waals surface area contributed by atoms with Crippen molar-refractivity contribution in [2.75, 3.05) is 13.1 Å². The number of halogens is 3. The average molecular weight is 415 g/mol. The molecule has 1 unspecified atom stereocenters. The van der Waals surface area contributed by atoms with Crippen molar-refractivity contribution < 1.29 is 18.0 Å². The minimum absolute atomic E-state index is 0.00113. The number of aromatic nitrogens is 3. The van der Waals surface area contributed by atoms with E-state index in [0.29, 0.717) is 17.6 Å². The van der Waals surface area contributed by atoms with Crippen molar-refractivity contribution in [3.8, 4) is 5.82 Å². The minimum atomic E-state index is -4.75. The Labute approximate surface area is 171 Å². The number of benzene rings is 1. The number of alkyl halides is 3. The highest BCUT2D eigenvalue weighted by molar-refractivity contribution is 5.95. The van der Waals surface area contributed by atoms with Crippen molar-refractivity contribution in [3.63, 3.8) is 0 Å². The summed E-state index contributed by atoms with van der Waals surface area (Å²) in [6, 6.07) is 14.2. The molecule has 3 heterocycles. The highest BCUT2D eigenvalue weighted by atomic mass is 19.4. The summed E-state index contributed by atoms with van der Waals surface area (Å²) in [6.07, 6.45) is -1.76. The number of hydrogen-bond donors (Lipinski definition) is 1. The summed E-state index contributed by atoms with van der Waals surface area (Å²) in [5.41, 5.74) is -0.479. The van der Waals surface area contributed by atoms with Crippen molar-refractivity contribution in [2.45, 2.75) is 25.2 Å². The van der Waals surface area contributed by atoms with Crippen LogP contribution in [0.15, 0.2) is 60.9 Å². The lowest BCUT2D eigenvalue weighted by Gasteiger charge is -2.17. The van der Waals surface area contributed by atoms with Crippen LogP contribution in [0.1, 0.15) is 28.0 Å². The normalized spacial score (nSPS) is 17.2. The highest BCUT2D eigenvalue weighted by Crippen LogP contribution is 2.33. The molecule has 0 bridgehead atoms. The van der Waals surface area contributed by atoms with E-state index in [1.54, 1.807) is 12.1 Å². The number of pyridine rings is 1. The van der Waals surface area contributed by atoms with Crippen LogP contribution in [0.2, 0.25) is 0 Å². The smallest absolute Gasteiger partial charge is 0.348 e. The largest absolute Gasteiger partial charge is 0.434 e. The summed E-state index contributed by atoms with van der Waals surface area (Å²) in [4.78, 5) is 18.8. The lowest BCUT2D eigenvalue weighted by atomic mass is 10.2.